The molecule has 0 N–H and O–H groups in total. The molecule has 5 nitrogen and oxygen atoms in total. The van der Waals surface area contributed by atoms with Gasteiger partial charge in [0.15, 0.2) is 5.69 Å². The molecule has 8 heteroatoms. The summed E-state index contributed by atoms with van der Waals surface area (Å²) in [5.74, 6) is 0. The first-order valence-electron chi connectivity index (χ1n) is 3.96. The Morgan fingerprint density at radius 3 is 2.75 bits per heavy atom. The third-order valence-corrected chi connectivity index (χ3v) is 2.66. The maximum absolute atomic E-state index is 12.5. The molecular formula is C8H4F2IN3O2. The largest absolute Gasteiger partial charge is 0.297 e. The lowest BCUT2D eigenvalue weighted by molar-refractivity contribution is -0.386. The molecule has 0 atom stereocenters. The summed E-state index contributed by atoms with van der Waals surface area (Å²) in [6.45, 7) is 0. The van der Waals surface area contributed by atoms with Crippen LogP contribution in [0.3, 0.4) is 0 Å². The molecule has 0 aliphatic heterocycles. The number of pyridine rings is 1. The molecule has 0 aromatic carbocycles. The third kappa shape index (κ3) is 2.60. The third-order valence-electron chi connectivity index (χ3n) is 1.73. The van der Waals surface area contributed by atoms with E-state index in [-0.39, 0.29) is 15.7 Å². The Labute approximate surface area is 102 Å². The minimum atomic E-state index is -3.01. The highest BCUT2D eigenvalue weighted by Crippen LogP contribution is 2.29. The van der Waals surface area contributed by atoms with E-state index in [4.69, 9.17) is 5.26 Å². The molecule has 0 amide bonds. The lowest BCUT2D eigenvalue weighted by atomic mass is 10.2. The lowest BCUT2D eigenvalue weighted by Gasteiger charge is -2.04. The SMILES string of the molecule is N#CCc1cc([N+](=O)[O-])c(C(F)F)nc1I. The van der Waals surface area contributed by atoms with Gasteiger partial charge in [-0.25, -0.2) is 13.8 Å². The molecule has 84 valence electrons. The molecule has 0 radical (unpaired) electrons. The number of nitrogens with zero attached hydrogens (tertiary/aromatic N) is 3. The van der Waals surface area contributed by atoms with E-state index in [1.807, 2.05) is 0 Å². The average Bonchev–Trinajstić information content (AvgIpc) is 2.20. The quantitative estimate of drug-likeness (QED) is 0.367. The van der Waals surface area contributed by atoms with Gasteiger partial charge in [0.2, 0.25) is 0 Å². The van der Waals surface area contributed by atoms with Crippen molar-refractivity contribution in [2.45, 2.75) is 12.8 Å². The van der Waals surface area contributed by atoms with Crippen LogP contribution in [0.2, 0.25) is 0 Å². The first-order valence-corrected chi connectivity index (χ1v) is 5.04. The second-order valence-electron chi connectivity index (χ2n) is 2.74. The molecule has 0 bridgehead atoms. The molecule has 1 aromatic rings. The van der Waals surface area contributed by atoms with Crippen LogP contribution < -0.4 is 0 Å². The predicted molar refractivity (Wildman–Crippen MR) is 57.9 cm³/mol. The fraction of sp³-hybridized carbons (Fsp3) is 0.250. The predicted octanol–water partition coefficient (Wildman–Crippen LogP) is 2.60. The highest BCUT2D eigenvalue weighted by atomic mass is 127. The highest BCUT2D eigenvalue weighted by molar-refractivity contribution is 14.1. The van der Waals surface area contributed by atoms with E-state index < -0.39 is 22.7 Å². The second-order valence-corrected chi connectivity index (χ2v) is 3.76. The topological polar surface area (TPSA) is 79.8 Å². The van der Waals surface area contributed by atoms with Crippen LogP contribution in [-0.2, 0) is 6.42 Å². The van der Waals surface area contributed by atoms with Gasteiger partial charge in [-0.2, -0.15) is 5.26 Å². The summed E-state index contributed by atoms with van der Waals surface area (Å²) in [6, 6.07) is 2.76. The molecule has 0 aliphatic carbocycles. The molecule has 0 aliphatic rings. The molecule has 0 unspecified atom stereocenters. The first-order chi connectivity index (χ1) is 7.47. The molecule has 0 saturated carbocycles. The first kappa shape index (κ1) is 12.7. The molecule has 0 spiro atoms. The van der Waals surface area contributed by atoms with E-state index in [0.717, 1.165) is 6.07 Å². The number of halogens is 3. The summed E-state index contributed by atoms with van der Waals surface area (Å²) < 4.78 is 25.1. The van der Waals surface area contributed by atoms with Gasteiger partial charge < -0.3 is 0 Å². The zero-order valence-electron chi connectivity index (χ0n) is 7.65. The molecule has 0 saturated heterocycles. The van der Waals surface area contributed by atoms with Gasteiger partial charge in [0.25, 0.3) is 12.1 Å². The Morgan fingerprint density at radius 2 is 2.31 bits per heavy atom. The van der Waals surface area contributed by atoms with E-state index in [2.05, 4.69) is 4.98 Å². The zero-order valence-corrected chi connectivity index (χ0v) is 9.81. The van der Waals surface area contributed by atoms with Crippen molar-refractivity contribution in [2.75, 3.05) is 0 Å². The normalized spacial score (nSPS) is 10.2. The number of rotatable bonds is 3. The van der Waals surface area contributed by atoms with Crippen molar-refractivity contribution in [3.05, 3.63) is 31.1 Å². The molecular weight excluding hydrogens is 335 g/mol. The Kier molecular flexibility index (Phi) is 4.05. The standard InChI is InChI=1S/C8H4F2IN3O2/c9-7(10)6-5(14(15)16)3-4(1-2-12)8(11)13-6/h3,7H,1H2. The Hall–Kier alpha value is -1.37. The van der Waals surface area contributed by atoms with Gasteiger partial charge in [-0.05, 0) is 22.6 Å². The number of hydrogen-bond donors (Lipinski definition) is 0. The molecule has 1 heterocycles. The number of alkyl halides is 2. The van der Waals surface area contributed by atoms with Crippen LogP contribution in [0.25, 0.3) is 0 Å². The summed E-state index contributed by atoms with van der Waals surface area (Å²) in [7, 11) is 0. The zero-order chi connectivity index (χ0) is 12.3. The van der Waals surface area contributed by atoms with E-state index in [0.29, 0.717) is 0 Å². The van der Waals surface area contributed by atoms with Crippen LogP contribution in [0.5, 0.6) is 0 Å². The molecule has 1 aromatic heterocycles. The van der Waals surface area contributed by atoms with Gasteiger partial charge in [0.05, 0.1) is 17.4 Å². The van der Waals surface area contributed by atoms with E-state index in [1.165, 1.54) is 0 Å². The van der Waals surface area contributed by atoms with Crippen molar-refractivity contribution >= 4 is 28.3 Å². The van der Waals surface area contributed by atoms with Crippen LogP contribution in [-0.4, -0.2) is 9.91 Å². The van der Waals surface area contributed by atoms with E-state index in [9.17, 15) is 18.9 Å². The minimum Gasteiger partial charge on any atom is -0.258 e. The summed E-state index contributed by atoms with van der Waals surface area (Å²) in [5, 5.41) is 19.0. The summed E-state index contributed by atoms with van der Waals surface area (Å²) in [5.41, 5.74) is -1.34. The number of hydrogen-bond acceptors (Lipinski definition) is 4. The van der Waals surface area contributed by atoms with Crippen LogP contribution in [0.1, 0.15) is 17.7 Å². The Balaban J connectivity index is 3.38. The fourth-order valence-electron chi connectivity index (χ4n) is 1.05. The summed E-state index contributed by atoms with van der Waals surface area (Å²) in [4.78, 5) is 13.1. The summed E-state index contributed by atoms with van der Waals surface area (Å²) >= 11 is 1.66. The van der Waals surface area contributed by atoms with Gasteiger partial charge in [0.1, 0.15) is 3.70 Å². The van der Waals surface area contributed by atoms with Gasteiger partial charge >= 0.3 is 0 Å². The second kappa shape index (κ2) is 5.11. The average molecular weight is 339 g/mol. The Bertz CT molecular complexity index is 473. The Morgan fingerprint density at radius 1 is 1.69 bits per heavy atom. The van der Waals surface area contributed by atoms with Crippen molar-refractivity contribution < 1.29 is 13.7 Å². The van der Waals surface area contributed by atoms with Crippen LogP contribution in [0.15, 0.2) is 6.07 Å². The maximum atomic E-state index is 12.5. The highest BCUT2D eigenvalue weighted by Gasteiger charge is 2.25. The number of nitriles is 1. The van der Waals surface area contributed by atoms with E-state index >= 15 is 0 Å². The molecule has 1 rings (SSSR count). The van der Waals surface area contributed by atoms with Crippen LogP contribution >= 0.6 is 22.6 Å². The number of nitro groups is 1. The number of aromatic nitrogens is 1. The minimum absolute atomic E-state index is 0.102. The van der Waals surface area contributed by atoms with Crippen molar-refractivity contribution in [1.29, 1.82) is 5.26 Å². The van der Waals surface area contributed by atoms with Crippen molar-refractivity contribution in [3.8, 4) is 6.07 Å². The van der Waals surface area contributed by atoms with E-state index in [1.54, 1.807) is 28.7 Å². The lowest BCUT2D eigenvalue weighted by Crippen LogP contribution is -2.04. The maximum Gasteiger partial charge on any atom is 0.297 e. The van der Waals surface area contributed by atoms with Crippen LogP contribution in [0, 0.1) is 25.1 Å². The molecule has 0 fully saturated rings. The van der Waals surface area contributed by atoms with Crippen molar-refractivity contribution in [2.24, 2.45) is 0 Å². The monoisotopic (exact) mass is 339 g/mol. The van der Waals surface area contributed by atoms with Crippen molar-refractivity contribution in [1.82, 2.24) is 4.98 Å². The van der Waals surface area contributed by atoms with Crippen molar-refractivity contribution in [3.63, 3.8) is 0 Å². The van der Waals surface area contributed by atoms with Crippen LogP contribution in [0.4, 0.5) is 14.5 Å². The summed E-state index contributed by atoms with van der Waals surface area (Å²) in [6.07, 6.45) is -3.11. The molecule has 16 heavy (non-hydrogen) atoms. The smallest absolute Gasteiger partial charge is 0.258 e. The van der Waals surface area contributed by atoms with Gasteiger partial charge in [-0.1, -0.05) is 0 Å². The fourth-order valence-corrected chi connectivity index (χ4v) is 1.66. The van der Waals surface area contributed by atoms with Gasteiger partial charge in [-0.3, -0.25) is 10.1 Å². The van der Waals surface area contributed by atoms with Gasteiger partial charge in [-0.15, -0.1) is 0 Å². The van der Waals surface area contributed by atoms with Gasteiger partial charge in [0, 0.05) is 11.6 Å².